The van der Waals surface area contributed by atoms with Crippen molar-refractivity contribution in [3.05, 3.63) is 83.3 Å². The third kappa shape index (κ3) is 5.94. The largest absolute Gasteiger partial charge is 0.492 e. The van der Waals surface area contributed by atoms with Crippen LogP contribution in [0, 0.1) is 11.7 Å². The molecule has 226 valence electrons. The van der Waals surface area contributed by atoms with Crippen molar-refractivity contribution in [2.45, 2.75) is 12.3 Å². The van der Waals surface area contributed by atoms with Crippen LogP contribution in [-0.2, 0) is 16.6 Å². The summed E-state index contributed by atoms with van der Waals surface area (Å²) in [6.07, 6.45) is -4.57. The Hall–Kier alpha value is -4.01. The lowest BCUT2D eigenvalue weighted by atomic mass is 9.87. The van der Waals surface area contributed by atoms with Crippen molar-refractivity contribution < 1.29 is 48.6 Å². The summed E-state index contributed by atoms with van der Waals surface area (Å²) in [4.78, 5) is 6.33. The number of pyridine rings is 1. The summed E-state index contributed by atoms with van der Waals surface area (Å²) in [5, 5.41) is 0.386. The third-order valence-electron chi connectivity index (χ3n) is 7.35. The number of alkyl halides is 4. The monoisotopic (exact) mass is 622 g/mol. The first-order chi connectivity index (χ1) is 20.4. The van der Waals surface area contributed by atoms with Gasteiger partial charge >= 0.3 is 16.6 Å². The molecule has 0 amide bonds. The minimum absolute atomic E-state index is 0.0663. The van der Waals surface area contributed by atoms with Gasteiger partial charge in [0.15, 0.2) is 6.10 Å². The summed E-state index contributed by atoms with van der Waals surface area (Å²) in [6.45, 7) is 2.02. The van der Waals surface area contributed by atoms with Crippen molar-refractivity contribution in [3.8, 4) is 28.4 Å². The molecule has 2 aliphatic heterocycles. The number of halogens is 5. The maximum atomic E-state index is 15.3. The van der Waals surface area contributed by atoms with E-state index >= 15 is 4.39 Å². The second kappa shape index (κ2) is 10.9. The highest BCUT2D eigenvalue weighted by Gasteiger charge is 2.37. The fourth-order valence-corrected chi connectivity index (χ4v) is 5.71. The first-order valence-corrected chi connectivity index (χ1v) is 14.4. The molecule has 8 nitrogen and oxygen atoms in total. The predicted octanol–water partition coefficient (Wildman–Crippen LogP) is 6.00. The summed E-state index contributed by atoms with van der Waals surface area (Å²) in [7, 11) is -4.82. The van der Waals surface area contributed by atoms with Gasteiger partial charge in [-0.1, -0.05) is 12.1 Å². The molecule has 43 heavy (non-hydrogen) atoms. The first-order valence-electron chi connectivity index (χ1n) is 13.1. The van der Waals surface area contributed by atoms with Gasteiger partial charge in [0.1, 0.15) is 29.7 Å². The second-order valence-electron chi connectivity index (χ2n) is 10.3. The summed E-state index contributed by atoms with van der Waals surface area (Å²) >= 11 is 0. The van der Waals surface area contributed by atoms with Gasteiger partial charge in [0.2, 0.25) is 0 Å². The van der Waals surface area contributed by atoms with Crippen LogP contribution in [0.15, 0.2) is 60.8 Å². The molecule has 1 aromatic heterocycles. The van der Waals surface area contributed by atoms with Gasteiger partial charge in [0, 0.05) is 54.3 Å². The molecule has 0 saturated carbocycles. The van der Waals surface area contributed by atoms with Crippen molar-refractivity contribution in [2.24, 2.45) is 5.92 Å². The lowest BCUT2D eigenvalue weighted by Gasteiger charge is -2.37. The highest BCUT2D eigenvalue weighted by atomic mass is 32.3. The van der Waals surface area contributed by atoms with Crippen LogP contribution in [0.25, 0.3) is 22.0 Å². The Kier molecular flexibility index (Phi) is 7.39. The number of ether oxygens (including phenoxy) is 2. The van der Waals surface area contributed by atoms with Gasteiger partial charge in [-0.15, -0.1) is 0 Å². The van der Waals surface area contributed by atoms with E-state index < -0.39 is 34.1 Å². The van der Waals surface area contributed by atoms with E-state index in [2.05, 4.69) is 14.1 Å². The van der Waals surface area contributed by atoms with Gasteiger partial charge < -0.3 is 13.7 Å². The second-order valence-corrected chi connectivity index (χ2v) is 11.3. The van der Waals surface area contributed by atoms with Gasteiger partial charge in [0.05, 0.1) is 23.3 Å². The molecule has 1 atom stereocenters. The molecule has 1 N–H and O–H groups in total. The maximum absolute atomic E-state index is 15.3. The molecule has 6 rings (SSSR count). The molecule has 4 aromatic rings. The quantitative estimate of drug-likeness (QED) is 0.189. The predicted molar refractivity (Wildman–Crippen MR) is 145 cm³/mol. The molecular formula is C29H23F5N2O6S. The third-order valence-corrected chi connectivity index (χ3v) is 7.75. The van der Waals surface area contributed by atoms with Gasteiger partial charge in [-0.3, -0.25) is 18.8 Å². The zero-order valence-corrected chi connectivity index (χ0v) is 23.0. The number of fused-ring (bicyclic) bond motifs is 5. The van der Waals surface area contributed by atoms with Crippen LogP contribution in [0.4, 0.5) is 22.0 Å². The van der Waals surface area contributed by atoms with Crippen LogP contribution < -0.4 is 13.7 Å². The summed E-state index contributed by atoms with van der Waals surface area (Å²) in [6, 6.07) is 11.7. The van der Waals surface area contributed by atoms with Gasteiger partial charge in [0.25, 0.3) is 0 Å². The molecule has 3 aromatic carbocycles. The molecule has 1 fully saturated rings. The van der Waals surface area contributed by atoms with E-state index in [9.17, 15) is 26.0 Å². The van der Waals surface area contributed by atoms with Gasteiger partial charge in [-0.2, -0.15) is 21.6 Å². The molecule has 3 heterocycles. The van der Waals surface area contributed by atoms with Crippen LogP contribution in [0.2, 0.25) is 0 Å². The Labute approximate surface area is 242 Å². The van der Waals surface area contributed by atoms with Gasteiger partial charge in [-0.05, 0) is 42.0 Å². The van der Waals surface area contributed by atoms with E-state index in [1.807, 2.05) is 0 Å². The normalized spacial score (nSPS) is 17.1. The molecule has 1 saturated heterocycles. The average molecular weight is 623 g/mol. The van der Waals surface area contributed by atoms with Gasteiger partial charge in [-0.25, -0.2) is 4.39 Å². The Morgan fingerprint density at radius 3 is 2.44 bits per heavy atom. The number of hydrogen-bond acceptors (Lipinski definition) is 7. The van der Waals surface area contributed by atoms with E-state index in [-0.39, 0.29) is 40.7 Å². The van der Waals surface area contributed by atoms with Crippen LogP contribution in [-0.4, -0.2) is 55.8 Å². The molecule has 0 radical (unpaired) electrons. The van der Waals surface area contributed by atoms with E-state index in [0.717, 1.165) is 6.07 Å². The summed E-state index contributed by atoms with van der Waals surface area (Å²) in [5.74, 6) is -1.12. The number of benzene rings is 3. The zero-order chi connectivity index (χ0) is 30.5. The van der Waals surface area contributed by atoms with E-state index in [0.29, 0.717) is 54.6 Å². The highest BCUT2D eigenvalue weighted by molar-refractivity contribution is 7.81. The van der Waals surface area contributed by atoms with Crippen molar-refractivity contribution in [3.63, 3.8) is 0 Å². The fraction of sp³-hybridized carbons (Fsp3) is 0.276. The fourth-order valence-electron chi connectivity index (χ4n) is 5.36. The minimum Gasteiger partial charge on any atom is -0.492 e. The van der Waals surface area contributed by atoms with Crippen molar-refractivity contribution in [1.82, 2.24) is 9.88 Å². The molecule has 2 aliphatic rings. The van der Waals surface area contributed by atoms with Crippen molar-refractivity contribution in [2.75, 3.05) is 32.9 Å². The molecular weight excluding hydrogens is 599 g/mol. The Bertz CT molecular complexity index is 1790. The SMILES string of the molecule is O=S(=O)(O)Oc1ccc2c3c(cnc2c1)-c1c(F)cc(C(F)(F)F)cc1O[C@@H]3c1ccc(OCCN2CC(CF)C2)cc1. The Balaban J connectivity index is 1.37. The minimum atomic E-state index is -4.82. The van der Waals surface area contributed by atoms with E-state index in [1.54, 1.807) is 24.3 Å². The maximum Gasteiger partial charge on any atom is 0.446 e. The molecule has 0 unspecified atom stereocenters. The number of likely N-dealkylation sites (tertiary alicyclic amines) is 1. The first kappa shape index (κ1) is 29.1. The molecule has 0 aliphatic carbocycles. The Morgan fingerprint density at radius 1 is 1.05 bits per heavy atom. The standard InChI is InChI=1S/C29H23F5N2O6S/c30-12-16-14-36(15-16)7-8-40-19-3-1-17(2-4-19)28-26-21-6-5-20(42-43(37,38)39)11-24(21)35-13-22(26)27-23(31)9-18(29(32,33)34)10-25(27)41-28/h1-6,9-11,13,16,28H,7-8,12,14-15H2,(H,37,38,39)/t28-/m1/s1. The molecule has 0 bridgehead atoms. The molecule has 0 spiro atoms. The van der Waals surface area contributed by atoms with Crippen LogP contribution in [0.5, 0.6) is 17.2 Å². The highest BCUT2D eigenvalue weighted by Crippen LogP contribution is 2.50. The van der Waals surface area contributed by atoms with Crippen molar-refractivity contribution in [1.29, 1.82) is 0 Å². The zero-order valence-electron chi connectivity index (χ0n) is 22.1. The number of rotatable bonds is 8. The summed E-state index contributed by atoms with van der Waals surface area (Å²) < 4.78 is 116. The van der Waals surface area contributed by atoms with E-state index in [4.69, 9.17) is 14.0 Å². The summed E-state index contributed by atoms with van der Waals surface area (Å²) in [5.41, 5.74) is -0.136. The number of aromatic nitrogens is 1. The lowest BCUT2D eigenvalue weighted by Crippen LogP contribution is -2.49. The number of hydrogen-bond donors (Lipinski definition) is 1. The lowest BCUT2D eigenvalue weighted by molar-refractivity contribution is -0.137. The average Bonchev–Trinajstić information content (AvgIpc) is 2.92. The molecule has 14 heteroatoms. The smallest absolute Gasteiger partial charge is 0.446 e. The van der Waals surface area contributed by atoms with Crippen molar-refractivity contribution >= 4 is 21.3 Å². The topological polar surface area (TPSA) is 98.2 Å². The van der Waals surface area contributed by atoms with Crippen LogP contribution in [0.1, 0.15) is 22.8 Å². The van der Waals surface area contributed by atoms with E-state index in [1.165, 1.54) is 24.4 Å². The van der Waals surface area contributed by atoms with Crippen LogP contribution >= 0.6 is 0 Å². The Morgan fingerprint density at radius 2 is 1.77 bits per heavy atom. The number of nitrogens with zero attached hydrogens (tertiary/aromatic N) is 2. The van der Waals surface area contributed by atoms with Crippen LogP contribution in [0.3, 0.4) is 0 Å².